The lowest BCUT2D eigenvalue weighted by Crippen LogP contribution is -2.32. The van der Waals surface area contributed by atoms with Crippen molar-refractivity contribution in [1.82, 2.24) is 5.32 Å². The number of esters is 1. The Morgan fingerprint density at radius 2 is 2.00 bits per heavy atom. The fourth-order valence-corrected chi connectivity index (χ4v) is 2.60. The molecule has 0 aliphatic heterocycles. The Morgan fingerprint density at radius 3 is 2.61 bits per heavy atom. The van der Waals surface area contributed by atoms with Gasteiger partial charge in [0.2, 0.25) is 0 Å². The summed E-state index contributed by atoms with van der Waals surface area (Å²) >= 11 is 0. The van der Waals surface area contributed by atoms with Crippen molar-refractivity contribution in [3.05, 3.63) is 35.9 Å². The Balaban J connectivity index is 1.99. The van der Waals surface area contributed by atoms with Crippen LogP contribution in [0.25, 0.3) is 0 Å². The first kappa shape index (κ1) is 13.1. The summed E-state index contributed by atoms with van der Waals surface area (Å²) < 4.78 is 4.88. The van der Waals surface area contributed by atoms with Gasteiger partial charge in [-0.15, -0.1) is 0 Å². The molecule has 0 radical (unpaired) electrons. The van der Waals surface area contributed by atoms with Crippen molar-refractivity contribution in [3.8, 4) is 0 Å². The number of carbonyl (C=O) groups is 1. The van der Waals surface area contributed by atoms with Crippen LogP contribution in [-0.4, -0.2) is 19.6 Å². The molecule has 0 amide bonds. The Hall–Kier alpha value is -1.35. The van der Waals surface area contributed by atoms with Crippen molar-refractivity contribution in [2.24, 2.45) is 5.92 Å². The molecule has 0 heterocycles. The Morgan fingerprint density at radius 1 is 1.33 bits per heavy atom. The Labute approximate surface area is 109 Å². The number of benzene rings is 1. The molecule has 18 heavy (non-hydrogen) atoms. The molecule has 1 aromatic rings. The zero-order chi connectivity index (χ0) is 12.8. The summed E-state index contributed by atoms with van der Waals surface area (Å²) in [5.41, 5.74) is 0.974. The van der Waals surface area contributed by atoms with Gasteiger partial charge in [-0.3, -0.25) is 0 Å². The molecule has 98 valence electrons. The molecule has 0 saturated heterocycles. The van der Waals surface area contributed by atoms with Crippen LogP contribution in [0.3, 0.4) is 0 Å². The van der Waals surface area contributed by atoms with Crippen molar-refractivity contribution in [2.45, 2.75) is 31.7 Å². The number of hydrogen-bond donors (Lipinski definition) is 1. The van der Waals surface area contributed by atoms with Crippen molar-refractivity contribution >= 4 is 5.97 Å². The Bertz CT molecular complexity index is 371. The largest absolute Gasteiger partial charge is 0.468 e. The molecule has 1 saturated carbocycles. The lowest BCUT2D eigenvalue weighted by atomic mass is 10.0. The van der Waals surface area contributed by atoms with Crippen LogP contribution in [0, 0.1) is 5.92 Å². The van der Waals surface area contributed by atoms with Gasteiger partial charge in [0.1, 0.15) is 6.04 Å². The standard InChI is InChI=1S/C15H21NO2/c1-18-15(17)14(13-9-3-2-4-10-13)16-11-12-7-5-6-8-12/h2-4,9-10,12,14,16H,5-8,11H2,1H3. The second-order valence-electron chi connectivity index (χ2n) is 4.93. The van der Waals surface area contributed by atoms with E-state index < -0.39 is 0 Å². The first-order chi connectivity index (χ1) is 8.81. The zero-order valence-electron chi connectivity index (χ0n) is 10.9. The molecular weight excluding hydrogens is 226 g/mol. The molecule has 0 aromatic heterocycles. The highest BCUT2D eigenvalue weighted by atomic mass is 16.5. The van der Waals surface area contributed by atoms with E-state index in [1.807, 2.05) is 30.3 Å². The summed E-state index contributed by atoms with van der Waals surface area (Å²) in [6, 6.07) is 9.43. The minimum atomic E-state index is -0.336. The van der Waals surface area contributed by atoms with Crippen LogP contribution in [0.1, 0.15) is 37.3 Å². The monoisotopic (exact) mass is 247 g/mol. The maximum Gasteiger partial charge on any atom is 0.327 e. The van der Waals surface area contributed by atoms with Crippen molar-refractivity contribution in [2.75, 3.05) is 13.7 Å². The van der Waals surface area contributed by atoms with Crippen molar-refractivity contribution in [1.29, 1.82) is 0 Å². The van der Waals surface area contributed by atoms with Crippen LogP contribution in [0.5, 0.6) is 0 Å². The first-order valence-electron chi connectivity index (χ1n) is 6.67. The highest BCUT2D eigenvalue weighted by Crippen LogP contribution is 2.25. The molecule has 3 nitrogen and oxygen atoms in total. The third-order valence-corrected chi connectivity index (χ3v) is 3.66. The molecule has 1 aromatic carbocycles. The fraction of sp³-hybridized carbons (Fsp3) is 0.533. The molecule has 2 rings (SSSR count). The molecule has 0 bridgehead atoms. The third-order valence-electron chi connectivity index (χ3n) is 3.66. The maximum absolute atomic E-state index is 11.8. The molecule has 1 fully saturated rings. The van der Waals surface area contributed by atoms with Gasteiger partial charge in [-0.05, 0) is 30.9 Å². The van der Waals surface area contributed by atoms with Gasteiger partial charge in [-0.1, -0.05) is 43.2 Å². The molecule has 1 N–H and O–H groups in total. The van der Waals surface area contributed by atoms with E-state index in [0.29, 0.717) is 5.92 Å². The molecular formula is C15H21NO2. The van der Waals surface area contributed by atoms with Crippen LogP contribution in [0.15, 0.2) is 30.3 Å². The maximum atomic E-state index is 11.8. The van der Waals surface area contributed by atoms with E-state index in [9.17, 15) is 4.79 Å². The normalized spacial score (nSPS) is 17.6. The second kappa shape index (κ2) is 6.55. The minimum Gasteiger partial charge on any atom is -0.468 e. The van der Waals surface area contributed by atoms with Gasteiger partial charge in [0.25, 0.3) is 0 Å². The van der Waals surface area contributed by atoms with E-state index in [-0.39, 0.29) is 12.0 Å². The Kier molecular flexibility index (Phi) is 4.76. The van der Waals surface area contributed by atoms with E-state index in [4.69, 9.17) is 4.74 Å². The van der Waals surface area contributed by atoms with E-state index in [1.54, 1.807) is 0 Å². The summed E-state index contributed by atoms with van der Waals surface area (Å²) in [5.74, 6) is 0.500. The van der Waals surface area contributed by atoms with Crippen LogP contribution in [0.2, 0.25) is 0 Å². The lowest BCUT2D eigenvalue weighted by molar-refractivity contribution is -0.143. The van der Waals surface area contributed by atoms with Crippen LogP contribution in [-0.2, 0) is 9.53 Å². The number of ether oxygens (including phenoxy) is 1. The molecule has 1 aliphatic rings. The number of nitrogens with one attached hydrogen (secondary N) is 1. The van der Waals surface area contributed by atoms with Gasteiger partial charge in [0.15, 0.2) is 0 Å². The highest BCUT2D eigenvalue weighted by Gasteiger charge is 2.23. The van der Waals surface area contributed by atoms with E-state index in [2.05, 4.69) is 5.32 Å². The first-order valence-corrected chi connectivity index (χ1v) is 6.67. The molecule has 3 heteroatoms. The predicted octanol–water partition coefficient (Wildman–Crippen LogP) is 2.68. The topological polar surface area (TPSA) is 38.3 Å². The van der Waals surface area contributed by atoms with Crippen LogP contribution < -0.4 is 5.32 Å². The average Bonchev–Trinajstić information content (AvgIpc) is 2.93. The summed E-state index contributed by atoms with van der Waals surface area (Å²) in [6.07, 6.45) is 5.19. The van der Waals surface area contributed by atoms with Gasteiger partial charge in [0, 0.05) is 0 Å². The van der Waals surface area contributed by atoms with Gasteiger partial charge in [-0.2, -0.15) is 0 Å². The second-order valence-corrected chi connectivity index (χ2v) is 4.93. The molecule has 1 aliphatic carbocycles. The SMILES string of the molecule is COC(=O)C(NCC1CCCC1)c1ccccc1. The van der Waals surface area contributed by atoms with E-state index >= 15 is 0 Å². The minimum absolute atomic E-state index is 0.209. The summed E-state index contributed by atoms with van der Waals surface area (Å²) in [4.78, 5) is 11.8. The zero-order valence-corrected chi connectivity index (χ0v) is 10.9. The molecule has 1 unspecified atom stereocenters. The third kappa shape index (κ3) is 3.33. The van der Waals surface area contributed by atoms with E-state index in [0.717, 1.165) is 12.1 Å². The average molecular weight is 247 g/mol. The lowest BCUT2D eigenvalue weighted by Gasteiger charge is -2.19. The smallest absolute Gasteiger partial charge is 0.327 e. The van der Waals surface area contributed by atoms with Crippen LogP contribution >= 0.6 is 0 Å². The molecule has 0 spiro atoms. The molecule has 1 atom stereocenters. The number of carbonyl (C=O) groups excluding carboxylic acids is 1. The van der Waals surface area contributed by atoms with Gasteiger partial charge < -0.3 is 10.1 Å². The van der Waals surface area contributed by atoms with Gasteiger partial charge >= 0.3 is 5.97 Å². The predicted molar refractivity (Wildman–Crippen MR) is 71.2 cm³/mol. The number of hydrogen-bond acceptors (Lipinski definition) is 3. The van der Waals surface area contributed by atoms with Gasteiger partial charge in [0.05, 0.1) is 7.11 Å². The van der Waals surface area contributed by atoms with Crippen molar-refractivity contribution < 1.29 is 9.53 Å². The van der Waals surface area contributed by atoms with E-state index in [1.165, 1.54) is 32.8 Å². The number of rotatable bonds is 5. The summed E-state index contributed by atoms with van der Waals surface area (Å²) in [6.45, 7) is 0.897. The highest BCUT2D eigenvalue weighted by molar-refractivity contribution is 5.77. The quantitative estimate of drug-likeness (QED) is 0.813. The van der Waals surface area contributed by atoms with Gasteiger partial charge in [-0.25, -0.2) is 4.79 Å². The number of methoxy groups -OCH3 is 1. The summed E-state index contributed by atoms with van der Waals surface area (Å²) in [5, 5.41) is 3.35. The van der Waals surface area contributed by atoms with Crippen LogP contribution in [0.4, 0.5) is 0 Å². The van der Waals surface area contributed by atoms with Crippen molar-refractivity contribution in [3.63, 3.8) is 0 Å². The summed E-state index contributed by atoms with van der Waals surface area (Å²) in [7, 11) is 1.44. The fourth-order valence-electron chi connectivity index (χ4n) is 2.60.